The molecule has 0 saturated carbocycles. The Hall–Kier alpha value is -0.580. The highest BCUT2D eigenvalue weighted by Gasteiger charge is 2.15. The first kappa shape index (κ1) is 15.5. The third kappa shape index (κ3) is 4.59. The van der Waals surface area contributed by atoms with Gasteiger partial charge in [-0.15, -0.1) is 0 Å². The summed E-state index contributed by atoms with van der Waals surface area (Å²) in [5.74, 6) is -0.0406. The number of aryl methyl sites for hydroxylation is 1. The highest BCUT2D eigenvalue weighted by Crippen LogP contribution is 2.16. The van der Waals surface area contributed by atoms with Gasteiger partial charge in [-0.25, -0.2) is 0 Å². The van der Waals surface area contributed by atoms with Crippen molar-refractivity contribution in [3.05, 3.63) is 34.3 Å². The van der Waals surface area contributed by atoms with Crippen LogP contribution in [0.25, 0.3) is 0 Å². The van der Waals surface area contributed by atoms with Crippen LogP contribution in [-0.4, -0.2) is 42.9 Å². The summed E-state index contributed by atoms with van der Waals surface area (Å²) in [7, 11) is 3.40. The molecular weight excluding hydrogens is 318 g/mol. The second-order valence-corrected chi connectivity index (χ2v) is 5.99. The SMILES string of the molecule is COCC(Br)CN(C)C(=O)c1cc(C)cc(Cl)c1. The molecule has 0 saturated heterocycles. The predicted octanol–water partition coefficient (Wildman–Crippen LogP) is 3.13. The molecule has 3 nitrogen and oxygen atoms in total. The Morgan fingerprint density at radius 3 is 2.72 bits per heavy atom. The number of amides is 1. The van der Waals surface area contributed by atoms with E-state index in [4.69, 9.17) is 16.3 Å². The summed E-state index contributed by atoms with van der Waals surface area (Å²) in [5.41, 5.74) is 1.59. The van der Waals surface area contributed by atoms with Gasteiger partial charge in [-0.05, 0) is 30.7 Å². The van der Waals surface area contributed by atoms with Crippen molar-refractivity contribution in [2.24, 2.45) is 0 Å². The topological polar surface area (TPSA) is 29.5 Å². The first-order valence-corrected chi connectivity index (χ1v) is 6.89. The minimum atomic E-state index is -0.0406. The van der Waals surface area contributed by atoms with Crippen molar-refractivity contribution < 1.29 is 9.53 Å². The van der Waals surface area contributed by atoms with Crippen LogP contribution in [0.4, 0.5) is 0 Å². The molecule has 18 heavy (non-hydrogen) atoms. The molecule has 1 amide bonds. The summed E-state index contributed by atoms with van der Waals surface area (Å²) in [4.78, 5) is 14.0. The van der Waals surface area contributed by atoms with Crippen LogP contribution in [-0.2, 0) is 4.74 Å². The number of methoxy groups -OCH3 is 1. The maximum Gasteiger partial charge on any atom is 0.253 e. The van der Waals surface area contributed by atoms with Crippen molar-refractivity contribution in [1.82, 2.24) is 4.90 Å². The van der Waals surface area contributed by atoms with Gasteiger partial charge in [0.2, 0.25) is 0 Å². The van der Waals surface area contributed by atoms with Crippen LogP contribution in [0.15, 0.2) is 18.2 Å². The first-order valence-electron chi connectivity index (χ1n) is 5.59. The zero-order valence-corrected chi connectivity index (χ0v) is 13.1. The van der Waals surface area contributed by atoms with Gasteiger partial charge < -0.3 is 9.64 Å². The van der Waals surface area contributed by atoms with Gasteiger partial charge in [-0.1, -0.05) is 27.5 Å². The van der Waals surface area contributed by atoms with Gasteiger partial charge in [0.1, 0.15) is 0 Å². The van der Waals surface area contributed by atoms with E-state index in [0.29, 0.717) is 23.7 Å². The summed E-state index contributed by atoms with van der Waals surface area (Å²) in [6.07, 6.45) is 0. The third-order valence-electron chi connectivity index (χ3n) is 2.46. The second-order valence-electron chi connectivity index (χ2n) is 4.26. The van der Waals surface area contributed by atoms with Gasteiger partial charge in [0.05, 0.1) is 11.4 Å². The van der Waals surface area contributed by atoms with Gasteiger partial charge >= 0.3 is 0 Å². The molecule has 5 heteroatoms. The van der Waals surface area contributed by atoms with E-state index in [-0.39, 0.29) is 10.7 Å². The zero-order chi connectivity index (χ0) is 13.7. The highest BCUT2D eigenvalue weighted by atomic mass is 79.9. The van der Waals surface area contributed by atoms with Gasteiger partial charge in [0, 0.05) is 31.3 Å². The van der Waals surface area contributed by atoms with E-state index in [2.05, 4.69) is 15.9 Å². The molecule has 0 N–H and O–H groups in total. The van der Waals surface area contributed by atoms with Crippen molar-refractivity contribution in [3.8, 4) is 0 Å². The van der Waals surface area contributed by atoms with Crippen LogP contribution < -0.4 is 0 Å². The standard InChI is InChI=1S/C13H17BrClNO2/c1-9-4-10(6-12(15)5-9)13(17)16(2)7-11(14)8-18-3/h4-6,11H,7-8H2,1-3H3. The number of nitrogens with zero attached hydrogens (tertiary/aromatic N) is 1. The van der Waals surface area contributed by atoms with Crippen molar-refractivity contribution in [2.75, 3.05) is 27.3 Å². The molecule has 100 valence electrons. The van der Waals surface area contributed by atoms with E-state index in [1.165, 1.54) is 0 Å². The van der Waals surface area contributed by atoms with Crippen LogP contribution in [0.3, 0.4) is 0 Å². The van der Waals surface area contributed by atoms with Crippen molar-refractivity contribution >= 4 is 33.4 Å². The fourth-order valence-electron chi connectivity index (χ4n) is 1.69. The molecule has 0 spiro atoms. The van der Waals surface area contributed by atoms with Crippen LogP contribution in [0.2, 0.25) is 5.02 Å². The lowest BCUT2D eigenvalue weighted by molar-refractivity contribution is 0.0784. The Morgan fingerprint density at radius 1 is 1.50 bits per heavy atom. The van der Waals surface area contributed by atoms with Crippen LogP contribution in [0.1, 0.15) is 15.9 Å². The zero-order valence-electron chi connectivity index (χ0n) is 10.7. The maximum atomic E-state index is 12.2. The summed E-state index contributed by atoms with van der Waals surface area (Å²) in [5, 5.41) is 0.582. The van der Waals surface area contributed by atoms with Gasteiger partial charge in [0.15, 0.2) is 0 Å². The van der Waals surface area contributed by atoms with E-state index < -0.39 is 0 Å². The van der Waals surface area contributed by atoms with Crippen LogP contribution in [0, 0.1) is 6.92 Å². The number of alkyl halides is 1. The average molecular weight is 335 g/mol. The van der Waals surface area contributed by atoms with E-state index in [1.807, 2.05) is 19.1 Å². The van der Waals surface area contributed by atoms with E-state index >= 15 is 0 Å². The molecule has 0 aliphatic rings. The summed E-state index contributed by atoms with van der Waals surface area (Å²) >= 11 is 9.42. The largest absolute Gasteiger partial charge is 0.383 e. The molecule has 0 aromatic heterocycles. The summed E-state index contributed by atoms with van der Waals surface area (Å²) in [6, 6.07) is 5.35. The molecule has 0 fully saturated rings. The molecule has 1 aromatic rings. The summed E-state index contributed by atoms with van der Waals surface area (Å²) in [6.45, 7) is 3.06. The van der Waals surface area contributed by atoms with Gasteiger partial charge in [-0.2, -0.15) is 0 Å². The first-order chi connectivity index (χ1) is 8.43. The minimum absolute atomic E-state index is 0.0406. The number of carbonyl (C=O) groups is 1. The smallest absolute Gasteiger partial charge is 0.253 e. The quantitative estimate of drug-likeness (QED) is 0.774. The number of carbonyl (C=O) groups excluding carboxylic acids is 1. The molecule has 1 aromatic carbocycles. The number of hydrogen-bond donors (Lipinski definition) is 0. The Balaban J connectivity index is 2.74. The second kappa shape index (κ2) is 7.12. The fraction of sp³-hybridized carbons (Fsp3) is 0.462. The van der Waals surface area contributed by atoms with Gasteiger partial charge in [0.25, 0.3) is 5.91 Å². The molecule has 0 aliphatic heterocycles. The predicted molar refractivity (Wildman–Crippen MR) is 77.7 cm³/mol. The number of ether oxygens (including phenoxy) is 1. The van der Waals surface area contributed by atoms with Crippen molar-refractivity contribution in [1.29, 1.82) is 0 Å². The van der Waals surface area contributed by atoms with Gasteiger partial charge in [-0.3, -0.25) is 4.79 Å². The normalized spacial score (nSPS) is 12.3. The average Bonchev–Trinajstić information content (AvgIpc) is 2.26. The third-order valence-corrected chi connectivity index (χ3v) is 3.23. The lowest BCUT2D eigenvalue weighted by Gasteiger charge is -2.20. The van der Waals surface area contributed by atoms with E-state index in [0.717, 1.165) is 5.56 Å². The van der Waals surface area contributed by atoms with Crippen molar-refractivity contribution in [2.45, 2.75) is 11.8 Å². The Kier molecular flexibility index (Phi) is 6.12. The summed E-state index contributed by atoms with van der Waals surface area (Å²) < 4.78 is 5.02. The lowest BCUT2D eigenvalue weighted by atomic mass is 10.1. The van der Waals surface area contributed by atoms with Crippen LogP contribution >= 0.6 is 27.5 Å². The number of halogens is 2. The molecule has 0 heterocycles. The molecule has 0 radical (unpaired) electrons. The molecule has 0 bridgehead atoms. The van der Waals surface area contributed by atoms with E-state index in [1.54, 1.807) is 25.1 Å². The monoisotopic (exact) mass is 333 g/mol. The number of rotatable bonds is 5. The highest BCUT2D eigenvalue weighted by molar-refractivity contribution is 9.09. The molecule has 1 atom stereocenters. The molecular formula is C13H17BrClNO2. The molecule has 0 aliphatic carbocycles. The Labute approximate surface area is 121 Å². The number of benzene rings is 1. The lowest BCUT2D eigenvalue weighted by Crippen LogP contribution is -2.33. The Bertz CT molecular complexity index is 405. The number of hydrogen-bond acceptors (Lipinski definition) is 2. The minimum Gasteiger partial charge on any atom is -0.383 e. The van der Waals surface area contributed by atoms with E-state index in [9.17, 15) is 4.79 Å². The van der Waals surface area contributed by atoms with Crippen LogP contribution in [0.5, 0.6) is 0 Å². The molecule has 1 rings (SSSR count). The Morgan fingerprint density at radius 2 is 2.17 bits per heavy atom. The van der Waals surface area contributed by atoms with Crippen molar-refractivity contribution in [3.63, 3.8) is 0 Å². The molecule has 1 unspecified atom stereocenters. The fourth-order valence-corrected chi connectivity index (χ4v) is 2.68. The maximum absolute atomic E-state index is 12.2.